The predicted octanol–water partition coefficient (Wildman–Crippen LogP) is 2.81. The van der Waals surface area contributed by atoms with E-state index in [-0.39, 0.29) is 12.1 Å². The topological polar surface area (TPSA) is 88.3 Å². The van der Waals surface area contributed by atoms with Gasteiger partial charge in [0.05, 0.1) is 6.54 Å². The summed E-state index contributed by atoms with van der Waals surface area (Å²) in [4.78, 5) is 35.9. The highest BCUT2D eigenvalue weighted by atomic mass is 16.4. The minimum Gasteiger partial charge on any atom is -0.422 e. The summed E-state index contributed by atoms with van der Waals surface area (Å²) in [5, 5.41) is 3.44. The molecule has 1 amide bonds. The van der Waals surface area contributed by atoms with Gasteiger partial charge in [0.25, 0.3) is 5.91 Å². The second-order valence-corrected chi connectivity index (χ2v) is 7.00. The zero-order valence-electron chi connectivity index (χ0n) is 15.8. The number of hydrogen-bond acceptors (Lipinski definition) is 6. The minimum absolute atomic E-state index is 0.0254. The maximum atomic E-state index is 12.5. The molecule has 1 aliphatic rings. The van der Waals surface area contributed by atoms with Crippen molar-refractivity contribution in [2.45, 2.75) is 32.7 Å². The Balaban J connectivity index is 1.51. The number of aryl methyl sites for hydroxylation is 1. The molecule has 0 saturated carbocycles. The fourth-order valence-electron chi connectivity index (χ4n) is 3.45. The van der Waals surface area contributed by atoms with Gasteiger partial charge >= 0.3 is 5.63 Å². The molecule has 0 radical (unpaired) electrons. The van der Waals surface area contributed by atoms with E-state index in [9.17, 15) is 9.59 Å². The number of nitrogens with one attached hydrogen (secondary N) is 1. The Kier molecular flexibility index (Phi) is 5.06. The maximum absolute atomic E-state index is 12.5. The highest BCUT2D eigenvalue weighted by molar-refractivity contribution is 5.96. The third kappa shape index (κ3) is 3.88. The van der Waals surface area contributed by atoms with Gasteiger partial charge in [0, 0.05) is 30.2 Å². The van der Waals surface area contributed by atoms with E-state index in [1.165, 1.54) is 6.42 Å². The van der Waals surface area contributed by atoms with E-state index in [0.29, 0.717) is 16.8 Å². The van der Waals surface area contributed by atoms with Crippen molar-refractivity contribution in [3.63, 3.8) is 0 Å². The van der Waals surface area contributed by atoms with Gasteiger partial charge in [-0.25, -0.2) is 14.8 Å². The van der Waals surface area contributed by atoms with Gasteiger partial charge < -0.3 is 14.6 Å². The molecule has 3 aromatic rings. The molecule has 0 spiro atoms. The lowest BCUT2D eigenvalue weighted by Gasteiger charge is -2.28. The summed E-state index contributed by atoms with van der Waals surface area (Å²) >= 11 is 0. The summed E-state index contributed by atoms with van der Waals surface area (Å²) in [6, 6.07) is 10.6. The zero-order valence-corrected chi connectivity index (χ0v) is 15.8. The highest BCUT2D eigenvalue weighted by Crippen LogP contribution is 2.18. The van der Waals surface area contributed by atoms with Crippen molar-refractivity contribution < 1.29 is 9.21 Å². The van der Waals surface area contributed by atoms with Gasteiger partial charge in [0.2, 0.25) is 0 Å². The summed E-state index contributed by atoms with van der Waals surface area (Å²) < 4.78 is 5.23. The molecule has 1 aromatic carbocycles. The Bertz CT molecular complexity index is 1070. The number of nitrogens with zero attached hydrogens (tertiary/aromatic N) is 3. The second kappa shape index (κ2) is 7.80. The van der Waals surface area contributed by atoms with E-state index in [0.717, 1.165) is 37.4 Å². The number of para-hydroxylation sites is 1. The quantitative estimate of drug-likeness (QED) is 0.703. The molecular formula is C21H22N4O3. The van der Waals surface area contributed by atoms with Crippen LogP contribution in [-0.4, -0.2) is 29.0 Å². The van der Waals surface area contributed by atoms with Gasteiger partial charge in [-0.1, -0.05) is 18.2 Å². The van der Waals surface area contributed by atoms with Crippen LogP contribution in [0, 0.1) is 6.92 Å². The molecule has 1 fully saturated rings. The standard InChI is InChI=1S/C21H22N4O3/c1-14-11-19(25-9-5-2-6-10-25)24-18(23-14)13-22-20(26)16-12-15-7-3-4-8-17(15)28-21(16)27/h3-4,7-8,11-12H,2,5-6,9-10,13H2,1H3,(H,22,26). The number of carbonyl (C=O) groups excluding carboxylic acids is 1. The summed E-state index contributed by atoms with van der Waals surface area (Å²) in [5.41, 5.74) is 0.625. The summed E-state index contributed by atoms with van der Waals surface area (Å²) in [6.45, 7) is 4.03. The van der Waals surface area contributed by atoms with Crippen molar-refractivity contribution in [3.8, 4) is 0 Å². The molecule has 0 bridgehead atoms. The molecule has 0 atom stereocenters. The van der Waals surface area contributed by atoms with Crippen molar-refractivity contribution in [1.82, 2.24) is 15.3 Å². The van der Waals surface area contributed by atoms with Crippen LogP contribution in [-0.2, 0) is 6.54 Å². The molecule has 1 aliphatic heterocycles. The number of piperidine rings is 1. The van der Waals surface area contributed by atoms with E-state index in [2.05, 4.69) is 20.2 Å². The Labute approximate surface area is 162 Å². The number of benzene rings is 1. The van der Waals surface area contributed by atoms with E-state index >= 15 is 0 Å². The first-order valence-corrected chi connectivity index (χ1v) is 9.51. The fraction of sp³-hybridized carbons (Fsp3) is 0.333. The number of aromatic nitrogens is 2. The normalized spacial score (nSPS) is 14.2. The molecule has 0 unspecified atom stereocenters. The lowest BCUT2D eigenvalue weighted by Crippen LogP contribution is -2.31. The predicted molar refractivity (Wildman–Crippen MR) is 106 cm³/mol. The molecule has 28 heavy (non-hydrogen) atoms. The maximum Gasteiger partial charge on any atom is 0.349 e. The molecular weight excluding hydrogens is 356 g/mol. The smallest absolute Gasteiger partial charge is 0.349 e. The van der Waals surface area contributed by atoms with Crippen LogP contribution >= 0.6 is 0 Å². The van der Waals surface area contributed by atoms with Crippen molar-refractivity contribution in [3.05, 3.63) is 63.9 Å². The molecule has 7 heteroatoms. The first kappa shape index (κ1) is 18.2. The fourth-order valence-corrected chi connectivity index (χ4v) is 3.45. The van der Waals surface area contributed by atoms with E-state index < -0.39 is 11.5 Å². The van der Waals surface area contributed by atoms with Gasteiger partial charge in [-0.15, -0.1) is 0 Å². The lowest BCUT2D eigenvalue weighted by atomic mass is 10.1. The molecule has 1 N–H and O–H groups in total. The van der Waals surface area contributed by atoms with Crippen molar-refractivity contribution >= 4 is 22.7 Å². The number of amides is 1. The van der Waals surface area contributed by atoms with Crippen molar-refractivity contribution in [2.24, 2.45) is 0 Å². The summed E-state index contributed by atoms with van der Waals surface area (Å²) in [5.74, 6) is 0.921. The average molecular weight is 378 g/mol. The molecule has 0 aliphatic carbocycles. The van der Waals surface area contributed by atoms with Crippen LogP contribution in [0.1, 0.15) is 41.1 Å². The van der Waals surface area contributed by atoms with Crippen LogP contribution in [0.2, 0.25) is 0 Å². The van der Waals surface area contributed by atoms with Crippen LogP contribution in [0.4, 0.5) is 5.82 Å². The van der Waals surface area contributed by atoms with E-state index in [1.54, 1.807) is 24.3 Å². The van der Waals surface area contributed by atoms with Gasteiger partial charge in [-0.05, 0) is 38.3 Å². The van der Waals surface area contributed by atoms with Crippen LogP contribution in [0.3, 0.4) is 0 Å². The Morgan fingerprint density at radius 1 is 1.14 bits per heavy atom. The first-order chi connectivity index (χ1) is 13.6. The SMILES string of the molecule is Cc1cc(N2CCCCC2)nc(CNC(=O)c2cc3ccccc3oc2=O)n1. The number of rotatable bonds is 4. The monoisotopic (exact) mass is 378 g/mol. The third-order valence-electron chi connectivity index (χ3n) is 4.86. The van der Waals surface area contributed by atoms with Crippen LogP contribution in [0.5, 0.6) is 0 Å². The Morgan fingerprint density at radius 2 is 1.93 bits per heavy atom. The molecule has 3 heterocycles. The highest BCUT2D eigenvalue weighted by Gasteiger charge is 2.16. The number of fused-ring (bicyclic) bond motifs is 1. The summed E-state index contributed by atoms with van der Waals surface area (Å²) in [7, 11) is 0. The largest absolute Gasteiger partial charge is 0.422 e. The zero-order chi connectivity index (χ0) is 19.5. The Morgan fingerprint density at radius 3 is 2.75 bits per heavy atom. The van der Waals surface area contributed by atoms with Gasteiger partial charge in [0.1, 0.15) is 22.8 Å². The molecule has 4 rings (SSSR count). The lowest BCUT2D eigenvalue weighted by molar-refractivity contribution is 0.0946. The summed E-state index contributed by atoms with van der Waals surface area (Å²) in [6.07, 6.45) is 3.57. The first-order valence-electron chi connectivity index (χ1n) is 9.51. The van der Waals surface area contributed by atoms with Crippen LogP contribution in [0.15, 0.2) is 45.6 Å². The molecule has 7 nitrogen and oxygen atoms in total. The van der Waals surface area contributed by atoms with Gasteiger partial charge in [-0.2, -0.15) is 0 Å². The number of hydrogen-bond donors (Lipinski definition) is 1. The van der Waals surface area contributed by atoms with Gasteiger partial charge in [0.15, 0.2) is 0 Å². The average Bonchev–Trinajstić information content (AvgIpc) is 2.72. The number of anilines is 1. The molecule has 144 valence electrons. The van der Waals surface area contributed by atoms with Crippen LogP contribution in [0.25, 0.3) is 11.0 Å². The van der Waals surface area contributed by atoms with E-state index in [4.69, 9.17) is 4.42 Å². The Hall–Kier alpha value is -3.22. The third-order valence-corrected chi connectivity index (χ3v) is 4.86. The molecule has 1 saturated heterocycles. The van der Waals surface area contributed by atoms with Crippen molar-refractivity contribution in [2.75, 3.05) is 18.0 Å². The van der Waals surface area contributed by atoms with E-state index in [1.807, 2.05) is 19.1 Å². The number of carbonyl (C=O) groups is 1. The van der Waals surface area contributed by atoms with Gasteiger partial charge in [-0.3, -0.25) is 4.79 Å². The second-order valence-electron chi connectivity index (χ2n) is 7.00. The molecule has 2 aromatic heterocycles. The van der Waals surface area contributed by atoms with Crippen molar-refractivity contribution in [1.29, 1.82) is 0 Å². The minimum atomic E-state index is -0.657. The van der Waals surface area contributed by atoms with Crippen LogP contribution < -0.4 is 15.8 Å².